The van der Waals surface area contributed by atoms with Gasteiger partial charge < -0.3 is 5.73 Å². The summed E-state index contributed by atoms with van der Waals surface area (Å²) in [4.78, 5) is 15.8. The van der Waals surface area contributed by atoms with E-state index in [1.807, 2.05) is 18.2 Å². The first kappa shape index (κ1) is 10.3. The highest BCUT2D eigenvalue weighted by Gasteiger charge is 2.34. The summed E-state index contributed by atoms with van der Waals surface area (Å²) >= 11 is 0. The topological polar surface area (TPSA) is 56.0 Å². The Kier molecular flexibility index (Phi) is 2.82. The zero-order valence-electron chi connectivity index (χ0n) is 8.78. The van der Waals surface area contributed by atoms with Crippen molar-refractivity contribution in [2.24, 2.45) is 5.73 Å². The normalized spacial score (nSPS) is 18.2. The third-order valence-electron chi connectivity index (χ3n) is 3.00. The van der Waals surface area contributed by atoms with E-state index < -0.39 is 0 Å². The van der Waals surface area contributed by atoms with Crippen molar-refractivity contribution in [3.63, 3.8) is 0 Å². The smallest absolute Gasteiger partial charge is 0.140 e. The van der Waals surface area contributed by atoms with Gasteiger partial charge in [-0.2, -0.15) is 0 Å². The van der Waals surface area contributed by atoms with Crippen molar-refractivity contribution in [1.82, 2.24) is 4.98 Å². The molecule has 0 aromatic carbocycles. The number of hydrogen-bond donors (Lipinski definition) is 1. The summed E-state index contributed by atoms with van der Waals surface area (Å²) in [6.07, 6.45) is 5.77. The monoisotopic (exact) mass is 204 g/mol. The molecule has 0 unspecified atom stereocenters. The van der Waals surface area contributed by atoms with Crippen LogP contribution in [0, 0.1) is 0 Å². The van der Waals surface area contributed by atoms with Crippen LogP contribution >= 0.6 is 0 Å². The number of aromatic nitrogens is 1. The lowest BCUT2D eigenvalue weighted by Crippen LogP contribution is -2.48. The number of nitrogens with zero attached hydrogens (tertiary/aromatic N) is 1. The molecule has 0 atom stereocenters. The maximum atomic E-state index is 11.7. The van der Waals surface area contributed by atoms with E-state index in [-0.39, 0.29) is 11.3 Å². The second kappa shape index (κ2) is 4.11. The predicted molar refractivity (Wildman–Crippen MR) is 58.3 cm³/mol. The molecule has 1 saturated carbocycles. The Morgan fingerprint density at radius 3 is 2.80 bits per heavy atom. The molecule has 0 radical (unpaired) electrons. The van der Waals surface area contributed by atoms with Gasteiger partial charge in [-0.1, -0.05) is 6.07 Å². The minimum atomic E-state index is -0.203. The molecule has 1 heterocycles. The van der Waals surface area contributed by atoms with Crippen LogP contribution in [0.4, 0.5) is 0 Å². The van der Waals surface area contributed by atoms with Crippen molar-refractivity contribution >= 4 is 5.78 Å². The minimum Gasteiger partial charge on any atom is -0.325 e. The first-order valence-corrected chi connectivity index (χ1v) is 5.38. The van der Waals surface area contributed by atoms with Gasteiger partial charge in [-0.25, -0.2) is 0 Å². The van der Waals surface area contributed by atoms with Crippen molar-refractivity contribution in [2.75, 3.05) is 0 Å². The fourth-order valence-corrected chi connectivity index (χ4v) is 1.97. The summed E-state index contributed by atoms with van der Waals surface area (Å²) in [6.45, 7) is 0. The fourth-order valence-electron chi connectivity index (χ4n) is 1.97. The van der Waals surface area contributed by atoms with Gasteiger partial charge in [0.1, 0.15) is 5.78 Å². The van der Waals surface area contributed by atoms with Gasteiger partial charge in [0.15, 0.2) is 0 Å². The van der Waals surface area contributed by atoms with Gasteiger partial charge in [-0.15, -0.1) is 0 Å². The summed E-state index contributed by atoms with van der Waals surface area (Å²) in [6, 6.07) is 5.63. The van der Waals surface area contributed by atoms with Crippen molar-refractivity contribution in [2.45, 2.75) is 37.6 Å². The zero-order chi connectivity index (χ0) is 10.7. The van der Waals surface area contributed by atoms with E-state index in [9.17, 15) is 4.79 Å². The average Bonchev–Trinajstić information content (AvgIpc) is 2.16. The van der Waals surface area contributed by atoms with Crippen molar-refractivity contribution in [1.29, 1.82) is 0 Å². The summed E-state index contributed by atoms with van der Waals surface area (Å²) in [5, 5.41) is 0. The Morgan fingerprint density at radius 2 is 2.27 bits per heavy atom. The maximum absolute atomic E-state index is 11.7. The number of rotatable bonds is 4. The number of carbonyl (C=O) groups is 1. The SMILES string of the molecule is NC1(CC(=O)Cc2ccccn2)CCC1. The molecule has 1 aliphatic carbocycles. The van der Waals surface area contributed by atoms with Gasteiger partial charge in [-0.05, 0) is 31.4 Å². The van der Waals surface area contributed by atoms with Crippen LogP contribution in [0.25, 0.3) is 0 Å². The molecule has 0 aliphatic heterocycles. The molecule has 0 saturated heterocycles. The molecule has 1 aliphatic rings. The highest BCUT2D eigenvalue weighted by Crippen LogP contribution is 2.32. The van der Waals surface area contributed by atoms with Crippen molar-refractivity contribution < 1.29 is 4.79 Å². The molecular weight excluding hydrogens is 188 g/mol. The van der Waals surface area contributed by atoms with E-state index in [1.165, 1.54) is 0 Å². The third-order valence-corrected chi connectivity index (χ3v) is 3.00. The highest BCUT2D eigenvalue weighted by molar-refractivity contribution is 5.81. The van der Waals surface area contributed by atoms with Crippen LogP contribution in [0.3, 0.4) is 0 Å². The number of Topliss-reactive ketones (excluding diaryl/α,β-unsaturated/α-hetero) is 1. The standard InChI is InChI=1S/C12H16N2O/c13-12(5-3-6-12)9-11(15)8-10-4-1-2-7-14-10/h1-2,4,7H,3,5-6,8-9,13H2. The molecule has 1 aromatic rings. The number of carbonyl (C=O) groups excluding carboxylic acids is 1. The second-order valence-corrected chi connectivity index (χ2v) is 4.43. The van der Waals surface area contributed by atoms with E-state index in [0.717, 1.165) is 25.0 Å². The molecule has 0 bridgehead atoms. The molecule has 15 heavy (non-hydrogen) atoms. The highest BCUT2D eigenvalue weighted by atomic mass is 16.1. The zero-order valence-corrected chi connectivity index (χ0v) is 8.78. The minimum absolute atomic E-state index is 0.203. The van der Waals surface area contributed by atoms with E-state index >= 15 is 0 Å². The molecule has 2 rings (SSSR count). The predicted octanol–water partition coefficient (Wildman–Crippen LogP) is 1.46. The van der Waals surface area contributed by atoms with Crippen LogP contribution in [0.2, 0.25) is 0 Å². The molecule has 3 nitrogen and oxygen atoms in total. The van der Waals surface area contributed by atoms with Crippen LogP contribution in [-0.2, 0) is 11.2 Å². The number of hydrogen-bond acceptors (Lipinski definition) is 3. The van der Waals surface area contributed by atoms with Gasteiger partial charge in [0.05, 0.1) is 0 Å². The summed E-state index contributed by atoms with van der Waals surface area (Å²) in [7, 11) is 0. The van der Waals surface area contributed by atoms with E-state index in [2.05, 4.69) is 4.98 Å². The first-order valence-electron chi connectivity index (χ1n) is 5.38. The molecule has 80 valence electrons. The summed E-state index contributed by atoms with van der Waals surface area (Å²) in [5.74, 6) is 0.205. The maximum Gasteiger partial charge on any atom is 0.140 e. The van der Waals surface area contributed by atoms with Gasteiger partial charge in [0.25, 0.3) is 0 Å². The third kappa shape index (κ3) is 2.63. The van der Waals surface area contributed by atoms with Crippen LogP contribution in [-0.4, -0.2) is 16.3 Å². The quantitative estimate of drug-likeness (QED) is 0.808. The second-order valence-electron chi connectivity index (χ2n) is 4.43. The summed E-state index contributed by atoms with van der Waals surface area (Å²) < 4.78 is 0. The van der Waals surface area contributed by atoms with Gasteiger partial charge in [0, 0.05) is 30.3 Å². The lowest BCUT2D eigenvalue weighted by Gasteiger charge is -2.37. The molecular formula is C12H16N2O. The Morgan fingerprint density at radius 1 is 1.47 bits per heavy atom. The Labute approximate surface area is 89.7 Å². The Hall–Kier alpha value is -1.22. The molecule has 0 amide bonds. The van der Waals surface area contributed by atoms with Gasteiger partial charge in [0.2, 0.25) is 0 Å². The van der Waals surface area contributed by atoms with E-state index in [1.54, 1.807) is 6.20 Å². The lowest BCUT2D eigenvalue weighted by molar-refractivity contribution is -0.120. The molecule has 1 aromatic heterocycles. The van der Waals surface area contributed by atoms with Crippen LogP contribution < -0.4 is 5.73 Å². The van der Waals surface area contributed by atoms with Crippen molar-refractivity contribution in [3.05, 3.63) is 30.1 Å². The van der Waals surface area contributed by atoms with E-state index in [4.69, 9.17) is 5.73 Å². The molecule has 2 N–H and O–H groups in total. The fraction of sp³-hybridized carbons (Fsp3) is 0.500. The van der Waals surface area contributed by atoms with E-state index in [0.29, 0.717) is 12.8 Å². The van der Waals surface area contributed by atoms with Crippen LogP contribution in [0.1, 0.15) is 31.4 Å². The first-order chi connectivity index (χ1) is 7.18. The molecule has 0 spiro atoms. The number of ketones is 1. The molecule has 1 fully saturated rings. The van der Waals surface area contributed by atoms with Crippen LogP contribution in [0.5, 0.6) is 0 Å². The molecule has 3 heteroatoms. The average molecular weight is 204 g/mol. The van der Waals surface area contributed by atoms with Crippen LogP contribution in [0.15, 0.2) is 24.4 Å². The number of pyridine rings is 1. The number of nitrogens with two attached hydrogens (primary N) is 1. The Bertz CT molecular complexity index is 344. The van der Waals surface area contributed by atoms with Gasteiger partial charge in [-0.3, -0.25) is 9.78 Å². The largest absolute Gasteiger partial charge is 0.325 e. The Balaban J connectivity index is 1.87. The lowest BCUT2D eigenvalue weighted by atomic mass is 9.74. The summed E-state index contributed by atoms with van der Waals surface area (Å²) in [5.41, 5.74) is 6.65. The van der Waals surface area contributed by atoms with Crippen molar-refractivity contribution in [3.8, 4) is 0 Å². The van der Waals surface area contributed by atoms with Gasteiger partial charge >= 0.3 is 0 Å².